The van der Waals surface area contributed by atoms with E-state index in [9.17, 15) is 5.11 Å². The summed E-state index contributed by atoms with van der Waals surface area (Å²) in [6.45, 7) is 5.04. The number of H-pyrrole nitrogens is 1. The number of β-amino-alcohol motifs (C(OH)–C–C–N with tert-alkyl or cyclic N) is 1. The van der Waals surface area contributed by atoms with Crippen molar-refractivity contribution in [3.05, 3.63) is 42.0 Å². The van der Waals surface area contributed by atoms with Crippen LogP contribution in [0.5, 0.6) is 5.75 Å². The zero-order valence-corrected chi connectivity index (χ0v) is 14.2. The highest BCUT2D eigenvalue weighted by Crippen LogP contribution is 2.25. The summed E-state index contributed by atoms with van der Waals surface area (Å²) in [5.41, 5.74) is 1.29. The van der Waals surface area contributed by atoms with Crippen LogP contribution in [0.3, 0.4) is 0 Å². The van der Waals surface area contributed by atoms with Crippen LogP contribution in [-0.4, -0.2) is 57.5 Å². The van der Waals surface area contributed by atoms with E-state index in [1.54, 1.807) is 6.33 Å². The van der Waals surface area contributed by atoms with E-state index >= 15 is 0 Å². The third-order valence-electron chi connectivity index (χ3n) is 4.65. The molecule has 1 aliphatic heterocycles. The molecule has 1 aromatic carbocycles. The number of rotatable bonds is 7. The maximum atomic E-state index is 10.2. The topological polar surface area (TPSA) is 74.3 Å². The first-order chi connectivity index (χ1) is 11.7. The fourth-order valence-electron chi connectivity index (χ4n) is 3.17. The molecule has 2 aromatic rings. The molecule has 0 amide bonds. The second-order valence-corrected chi connectivity index (χ2v) is 6.41. The Kier molecular flexibility index (Phi) is 5.82. The van der Waals surface area contributed by atoms with Gasteiger partial charge in [0.2, 0.25) is 0 Å². The van der Waals surface area contributed by atoms with Gasteiger partial charge in [0.25, 0.3) is 0 Å². The minimum absolute atomic E-state index is 0.327. The van der Waals surface area contributed by atoms with Gasteiger partial charge in [-0.15, -0.1) is 0 Å². The first-order valence-corrected chi connectivity index (χ1v) is 8.72. The number of benzene rings is 1. The number of aliphatic hydroxyl groups excluding tert-OH is 1. The maximum Gasteiger partial charge on any atom is 0.137 e. The van der Waals surface area contributed by atoms with Crippen LogP contribution in [0, 0.1) is 0 Å². The molecule has 6 heteroatoms. The summed E-state index contributed by atoms with van der Waals surface area (Å²) in [4.78, 5) is 6.54. The Hall–Kier alpha value is -1.92. The van der Waals surface area contributed by atoms with Gasteiger partial charge < -0.3 is 14.7 Å². The van der Waals surface area contributed by atoms with E-state index in [0.29, 0.717) is 19.1 Å². The maximum absolute atomic E-state index is 10.2. The molecule has 0 aliphatic carbocycles. The molecule has 0 spiro atoms. The molecule has 1 saturated heterocycles. The average Bonchev–Trinajstić information content (AvgIpc) is 3.16. The zero-order chi connectivity index (χ0) is 16.8. The molecular weight excluding hydrogens is 304 g/mol. The standard InChI is InChI=1S/C18H26N4O2/c1-2-14-3-5-17(6-4-14)24-12-16(23)11-22-9-7-15(8-10-22)18-19-13-20-21-18/h3-6,13,15-16,23H,2,7-12H2,1H3,(H,19,20,21). The van der Waals surface area contributed by atoms with Crippen molar-refractivity contribution in [1.29, 1.82) is 0 Å². The van der Waals surface area contributed by atoms with Crippen LogP contribution in [0.15, 0.2) is 30.6 Å². The zero-order valence-electron chi connectivity index (χ0n) is 14.2. The fraction of sp³-hybridized carbons (Fsp3) is 0.556. The van der Waals surface area contributed by atoms with Crippen molar-refractivity contribution >= 4 is 0 Å². The average molecular weight is 330 g/mol. The number of aliphatic hydroxyl groups is 1. The van der Waals surface area contributed by atoms with Crippen LogP contribution < -0.4 is 4.74 Å². The molecule has 3 rings (SSSR count). The number of hydrogen-bond acceptors (Lipinski definition) is 5. The SMILES string of the molecule is CCc1ccc(OCC(O)CN2CCC(c3ncn[nH]3)CC2)cc1. The summed E-state index contributed by atoms with van der Waals surface area (Å²) in [5, 5.41) is 17.1. The number of aromatic amines is 1. The molecule has 24 heavy (non-hydrogen) atoms. The third-order valence-corrected chi connectivity index (χ3v) is 4.65. The number of piperidine rings is 1. The van der Waals surface area contributed by atoms with E-state index in [1.807, 2.05) is 12.1 Å². The number of nitrogens with one attached hydrogen (secondary N) is 1. The molecule has 1 aromatic heterocycles. The number of aryl methyl sites for hydroxylation is 1. The van der Waals surface area contributed by atoms with Crippen LogP contribution in [0.25, 0.3) is 0 Å². The van der Waals surface area contributed by atoms with Crippen LogP contribution in [0.4, 0.5) is 0 Å². The van der Waals surface area contributed by atoms with Gasteiger partial charge >= 0.3 is 0 Å². The number of nitrogens with zero attached hydrogens (tertiary/aromatic N) is 3. The Morgan fingerprint density at radius 2 is 2.04 bits per heavy atom. The monoisotopic (exact) mass is 330 g/mol. The van der Waals surface area contributed by atoms with Crippen LogP contribution in [0.2, 0.25) is 0 Å². The smallest absolute Gasteiger partial charge is 0.137 e. The van der Waals surface area contributed by atoms with Gasteiger partial charge in [-0.1, -0.05) is 19.1 Å². The molecular formula is C18H26N4O2. The number of hydrogen-bond donors (Lipinski definition) is 2. The normalized spacial score (nSPS) is 17.8. The second-order valence-electron chi connectivity index (χ2n) is 6.41. The van der Waals surface area contributed by atoms with E-state index in [4.69, 9.17) is 4.74 Å². The number of ether oxygens (including phenoxy) is 1. The molecule has 0 bridgehead atoms. The predicted molar refractivity (Wildman–Crippen MR) is 92.1 cm³/mol. The summed E-state index contributed by atoms with van der Waals surface area (Å²) < 4.78 is 5.69. The molecule has 130 valence electrons. The Labute approximate surface area is 142 Å². The van der Waals surface area contributed by atoms with Crippen LogP contribution in [-0.2, 0) is 6.42 Å². The fourth-order valence-corrected chi connectivity index (χ4v) is 3.17. The molecule has 1 atom stereocenters. The summed E-state index contributed by atoms with van der Waals surface area (Å²) >= 11 is 0. The summed E-state index contributed by atoms with van der Waals surface area (Å²) in [6, 6.07) is 8.06. The molecule has 2 heterocycles. The Bertz CT molecular complexity index is 592. The first-order valence-electron chi connectivity index (χ1n) is 8.72. The Morgan fingerprint density at radius 1 is 1.29 bits per heavy atom. The second kappa shape index (κ2) is 8.26. The Balaban J connectivity index is 1.38. The minimum atomic E-state index is -0.474. The van der Waals surface area contributed by atoms with Crippen LogP contribution >= 0.6 is 0 Å². The van der Waals surface area contributed by atoms with E-state index in [2.05, 4.69) is 39.1 Å². The van der Waals surface area contributed by atoms with E-state index in [-0.39, 0.29) is 0 Å². The highest BCUT2D eigenvalue weighted by molar-refractivity contribution is 5.27. The highest BCUT2D eigenvalue weighted by Gasteiger charge is 2.23. The van der Waals surface area contributed by atoms with E-state index in [0.717, 1.165) is 43.9 Å². The van der Waals surface area contributed by atoms with Crippen molar-refractivity contribution in [1.82, 2.24) is 20.1 Å². The molecule has 1 unspecified atom stereocenters. The molecule has 2 N–H and O–H groups in total. The lowest BCUT2D eigenvalue weighted by molar-refractivity contribution is 0.0591. The lowest BCUT2D eigenvalue weighted by Gasteiger charge is -2.32. The van der Waals surface area contributed by atoms with Gasteiger partial charge in [0.15, 0.2) is 0 Å². The predicted octanol–water partition coefficient (Wildman–Crippen LogP) is 1.99. The van der Waals surface area contributed by atoms with Crippen molar-refractivity contribution in [2.75, 3.05) is 26.2 Å². The lowest BCUT2D eigenvalue weighted by Crippen LogP contribution is -2.40. The van der Waals surface area contributed by atoms with Gasteiger partial charge in [-0.25, -0.2) is 4.98 Å². The minimum Gasteiger partial charge on any atom is -0.491 e. The summed E-state index contributed by atoms with van der Waals surface area (Å²) in [5.74, 6) is 2.25. The number of likely N-dealkylation sites (tertiary alicyclic amines) is 1. The Morgan fingerprint density at radius 3 is 2.67 bits per heavy atom. The summed E-state index contributed by atoms with van der Waals surface area (Å²) in [7, 11) is 0. The van der Waals surface area contributed by atoms with E-state index < -0.39 is 6.10 Å². The third kappa shape index (κ3) is 4.55. The largest absolute Gasteiger partial charge is 0.491 e. The van der Waals surface area contributed by atoms with Gasteiger partial charge in [0, 0.05) is 12.5 Å². The van der Waals surface area contributed by atoms with Crippen LogP contribution in [0.1, 0.15) is 37.1 Å². The molecule has 1 aliphatic rings. The van der Waals surface area contributed by atoms with Crippen molar-refractivity contribution in [3.8, 4) is 5.75 Å². The lowest BCUT2D eigenvalue weighted by atomic mass is 9.96. The summed E-state index contributed by atoms with van der Waals surface area (Å²) in [6.07, 6.45) is 4.20. The quantitative estimate of drug-likeness (QED) is 0.812. The van der Waals surface area contributed by atoms with Crippen molar-refractivity contribution in [3.63, 3.8) is 0 Å². The van der Waals surface area contributed by atoms with Gasteiger partial charge in [0.1, 0.15) is 30.6 Å². The molecule has 0 saturated carbocycles. The first kappa shape index (κ1) is 16.9. The van der Waals surface area contributed by atoms with Gasteiger partial charge in [-0.3, -0.25) is 5.10 Å². The van der Waals surface area contributed by atoms with Crippen molar-refractivity contribution in [2.24, 2.45) is 0 Å². The highest BCUT2D eigenvalue weighted by atomic mass is 16.5. The molecule has 6 nitrogen and oxygen atoms in total. The molecule has 0 radical (unpaired) electrons. The molecule has 1 fully saturated rings. The van der Waals surface area contributed by atoms with Crippen molar-refractivity contribution < 1.29 is 9.84 Å². The van der Waals surface area contributed by atoms with Gasteiger partial charge in [-0.05, 0) is 50.0 Å². The van der Waals surface area contributed by atoms with Gasteiger partial charge in [0.05, 0.1) is 0 Å². The van der Waals surface area contributed by atoms with Gasteiger partial charge in [-0.2, -0.15) is 5.10 Å². The van der Waals surface area contributed by atoms with E-state index in [1.165, 1.54) is 5.56 Å². The van der Waals surface area contributed by atoms with Crippen molar-refractivity contribution in [2.45, 2.75) is 38.2 Å². The number of aromatic nitrogens is 3.